The topological polar surface area (TPSA) is 51.0 Å². The zero-order valence-corrected chi connectivity index (χ0v) is 15.6. The molecule has 0 unspecified atom stereocenters. The summed E-state index contributed by atoms with van der Waals surface area (Å²) in [6, 6.07) is 0. The number of carbonyl (C=O) groups excluding carboxylic acids is 1. The van der Waals surface area contributed by atoms with Crippen LogP contribution in [0.2, 0.25) is 0 Å². The van der Waals surface area contributed by atoms with Crippen molar-refractivity contribution in [2.24, 2.45) is 29.6 Å². The first kappa shape index (κ1) is 15.6. The Morgan fingerprint density at radius 3 is 2.42 bits per heavy atom. The van der Waals surface area contributed by atoms with Gasteiger partial charge in [-0.05, 0) is 68.6 Å². The molecule has 5 aliphatic rings. The second kappa shape index (κ2) is 5.80. The number of amides is 1. The Hall–Kier alpha value is -1.39. The zero-order valence-electron chi connectivity index (χ0n) is 15.6. The van der Waals surface area contributed by atoms with Crippen LogP contribution in [0.5, 0.6) is 0 Å². The molecular formula is C21H30N4O. The first-order valence-corrected chi connectivity index (χ1v) is 11.0. The molecule has 1 amide bonds. The monoisotopic (exact) mass is 354 g/mol. The van der Waals surface area contributed by atoms with Gasteiger partial charge in [0, 0.05) is 37.9 Å². The molecule has 1 aromatic heterocycles. The van der Waals surface area contributed by atoms with Gasteiger partial charge in [0.2, 0.25) is 5.91 Å². The van der Waals surface area contributed by atoms with Crippen LogP contribution in [0.25, 0.3) is 0 Å². The predicted octanol–water partition coefficient (Wildman–Crippen LogP) is 3.00. The summed E-state index contributed by atoms with van der Waals surface area (Å²) in [5.74, 6) is 7.11. The number of rotatable bonds is 2. The summed E-state index contributed by atoms with van der Waals surface area (Å²) in [7, 11) is 0. The van der Waals surface area contributed by atoms with Crippen molar-refractivity contribution in [2.45, 2.75) is 70.3 Å². The number of nitrogens with zero attached hydrogens (tertiary/aromatic N) is 4. The quantitative estimate of drug-likeness (QED) is 0.820. The summed E-state index contributed by atoms with van der Waals surface area (Å²) in [4.78, 5) is 15.3. The molecule has 4 fully saturated rings. The molecular weight excluding hydrogens is 324 g/mol. The molecule has 26 heavy (non-hydrogen) atoms. The van der Waals surface area contributed by atoms with E-state index in [0.717, 1.165) is 62.6 Å². The van der Waals surface area contributed by atoms with Crippen LogP contribution in [0.3, 0.4) is 0 Å². The van der Waals surface area contributed by atoms with Gasteiger partial charge in [0.25, 0.3) is 0 Å². The lowest BCUT2D eigenvalue weighted by molar-refractivity contribution is -0.134. The third-order valence-electron chi connectivity index (χ3n) is 8.33. The highest BCUT2D eigenvalue weighted by Gasteiger charge is 2.68. The van der Waals surface area contributed by atoms with E-state index in [0.29, 0.717) is 17.7 Å². The van der Waals surface area contributed by atoms with Crippen molar-refractivity contribution in [3.63, 3.8) is 0 Å². The van der Waals surface area contributed by atoms with Crippen molar-refractivity contribution in [1.82, 2.24) is 19.7 Å². The molecule has 0 radical (unpaired) electrons. The molecule has 2 aliphatic heterocycles. The molecule has 3 heterocycles. The SMILES string of the molecule is O=C(C1[C@@H]2[C@H]3CC[C@@H](C3)[C@@H]12)N1CCC(c2nnc3n2CCCCC3)CC1. The van der Waals surface area contributed by atoms with Crippen LogP contribution in [0, 0.1) is 29.6 Å². The molecule has 5 nitrogen and oxygen atoms in total. The molecule has 4 atom stereocenters. The van der Waals surface area contributed by atoms with E-state index in [1.165, 1.54) is 50.2 Å². The van der Waals surface area contributed by atoms with E-state index in [2.05, 4.69) is 19.7 Å². The molecule has 6 rings (SSSR count). The second-order valence-electron chi connectivity index (χ2n) is 9.55. The minimum absolute atomic E-state index is 0.405. The van der Waals surface area contributed by atoms with Crippen molar-refractivity contribution >= 4 is 5.91 Å². The smallest absolute Gasteiger partial charge is 0.226 e. The van der Waals surface area contributed by atoms with Gasteiger partial charge in [0.05, 0.1) is 0 Å². The number of fused-ring (bicyclic) bond motifs is 6. The van der Waals surface area contributed by atoms with Crippen LogP contribution in [0.15, 0.2) is 0 Å². The number of aromatic nitrogens is 3. The fourth-order valence-electron chi connectivity index (χ4n) is 7.03. The Labute approximate surface area is 155 Å². The van der Waals surface area contributed by atoms with Gasteiger partial charge in [-0.3, -0.25) is 4.79 Å². The Morgan fingerprint density at radius 2 is 1.65 bits per heavy atom. The fourth-order valence-corrected chi connectivity index (χ4v) is 7.03. The van der Waals surface area contributed by atoms with Crippen molar-refractivity contribution in [3.05, 3.63) is 11.6 Å². The van der Waals surface area contributed by atoms with Crippen molar-refractivity contribution in [2.75, 3.05) is 13.1 Å². The molecule has 1 aromatic rings. The highest BCUT2D eigenvalue weighted by atomic mass is 16.2. The summed E-state index contributed by atoms with van der Waals surface area (Å²) in [6.07, 6.45) is 11.2. The van der Waals surface area contributed by atoms with Gasteiger partial charge in [-0.15, -0.1) is 10.2 Å². The highest BCUT2D eigenvalue weighted by Crippen LogP contribution is 2.69. The summed E-state index contributed by atoms with van der Waals surface area (Å²) in [6.45, 7) is 2.94. The van der Waals surface area contributed by atoms with Gasteiger partial charge in [0.1, 0.15) is 11.6 Å². The van der Waals surface area contributed by atoms with Gasteiger partial charge >= 0.3 is 0 Å². The molecule has 0 aromatic carbocycles. The third kappa shape index (κ3) is 2.24. The Balaban J connectivity index is 1.11. The fraction of sp³-hybridized carbons (Fsp3) is 0.857. The van der Waals surface area contributed by atoms with Crippen LogP contribution < -0.4 is 0 Å². The normalized spacial score (nSPS) is 38.8. The Kier molecular flexibility index (Phi) is 3.49. The maximum atomic E-state index is 13.1. The van der Waals surface area contributed by atoms with Crippen molar-refractivity contribution in [3.8, 4) is 0 Å². The average molecular weight is 354 g/mol. The third-order valence-corrected chi connectivity index (χ3v) is 8.33. The zero-order chi connectivity index (χ0) is 17.3. The Morgan fingerprint density at radius 1 is 0.885 bits per heavy atom. The molecule has 140 valence electrons. The first-order chi connectivity index (χ1) is 12.8. The second-order valence-corrected chi connectivity index (χ2v) is 9.55. The molecule has 2 bridgehead atoms. The largest absolute Gasteiger partial charge is 0.342 e. The minimum atomic E-state index is 0.405. The molecule has 0 N–H and O–H groups in total. The van der Waals surface area contributed by atoms with Crippen LogP contribution in [0.1, 0.15) is 68.9 Å². The Bertz CT molecular complexity index is 704. The molecule has 3 saturated carbocycles. The number of likely N-dealkylation sites (tertiary alicyclic amines) is 1. The van der Waals surface area contributed by atoms with Gasteiger partial charge in [0.15, 0.2) is 0 Å². The number of aryl methyl sites for hydroxylation is 1. The minimum Gasteiger partial charge on any atom is -0.342 e. The van der Waals surface area contributed by atoms with E-state index in [1.54, 1.807) is 0 Å². The van der Waals surface area contributed by atoms with E-state index in [-0.39, 0.29) is 0 Å². The summed E-state index contributed by atoms with van der Waals surface area (Å²) in [5, 5.41) is 9.04. The maximum Gasteiger partial charge on any atom is 0.226 e. The molecule has 3 aliphatic carbocycles. The number of hydrogen-bond acceptors (Lipinski definition) is 3. The van der Waals surface area contributed by atoms with E-state index in [1.807, 2.05) is 0 Å². The summed E-state index contributed by atoms with van der Waals surface area (Å²) >= 11 is 0. The highest BCUT2D eigenvalue weighted by molar-refractivity contribution is 5.83. The van der Waals surface area contributed by atoms with Gasteiger partial charge in [-0.25, -0.2) is 0 Å². The van der Waals surface area contributed by atoms with Crippen LogP contribution in [-0.2, 0) is 17.8 Å². The van der Waals surface area contributed by atoms with Crippen LogP contribution in [0.4, 0.5) is 0 Å². The summed E-state index contributed by atoms with van der Waals surface area (Å²) in [5.41, 5.74) is 0. The van der Waals surface area contributed by atoms with E-state index in [9.17, 15) is 4.79 Å². The van der Waals surface area contributed by atoms with E-state index >= 15 is 0 Å². The first-order valence-electron chi connectivity index (χ1n) is 11.0. The maximum absolute atomic E-state index is 13.1. The van der Waals surface area contributed by atoms with Gasteiger partial charge in [-0.1, -0.05) is 6.42 Å². The van der Waals surface area contributed by atoms with Crippen molar-refractivity contribution in [1.29, 1.82) is 0 Å². The number of piperidine rings is 1. The molecule has 5 heteroatoms. The lowest BCUT2D eigenvalue weighted by Gasteiger charge is -2.32. The van der Waals surface area contributed by atoms with E-state index in [4.69, 9.17) is 0 Å². The van der Waals surface area contributed by atoms with Gasteiger partial charge < -0.3 is 9.47 Å². The number of hydrogen-bond donors (Lipinski definition) is 0. The summed E-state index contributed by atoms with van der Waals surface area (Å²) < 4.78 is 2.40. The number of carbonyl (C=O) groups is 1. The molecule has 0 spiro atoms. The van der Waals surface area contributed by atoms with Crippen LogP contribution >= 0.6 is 0 Å². The molecule has 1 saturated heterocycles. The lowest BCUT2D eigenvalue weighted by atomic mass is 9.94. The van der Waals surface area contributed by atoms with Crippen LogP contribution in [-0.4, -0.2) is 38.7 Å². The standard InChI is InChI=1S/C21H30N4O/c26-21(19-17-14-5-6-15(12-14)18(17)19)24-10-7-13(8-11-24)20-23-22-16-4-2-1-3-9-25(16)20/h13-15,17-19H,1-12H2/t14-,15-,17+,18+/m0/s1. The average Bonchev–Trinajstić information content (AvgIpc) is 2.95. The van der Waals surface area contributed by atoms with E-state index < -0.39 is 0 Å². The van der Waals surface area contributed by atoms with Crippen molar-refractivity contribution < 1.29 is 4.79 Å². The predicted molar refractivity (Wildman–Crippen MR) is 97.4 cm³/mol. The van der Waals surface area contributed by atoms with Gasteiger partial charge in [-0.2, -0.15) is 0 Å². The lowest BCUT2D eigenvalue weighted by Crippen LogP contribution is -2.40.